The van der Waals surface area contributed by atoms with Crippen LogP contribution in [0.2, 0.25) is 0 Å². The largest absolute Gasteiger partial charge is 0.508 e. The second-order valence-electron chi connectivity index (χ2n) is 3.12. The van der Waals surface area contributed by atoms with Gasteiger partial charge in [-0.05, 0) is 23.5 Å². The molecule has 0 heterocycles. The van der Waals surface area contributed by atoms with Crippen molar-refractivity contribution in [2.45, 2.75) is 12.7 Å². The molecule has 1 N–H and O–H groups in total. The molecule has 0 aliphatic heterocycles. The van der Waals surface area contributed by atoms with Crippen molar-refractivity contribution in [2.75, 3.05) is 7.11 Å². The molecular weight excluding hydrogens is 151 g/mol. The molecule has 0 fully saturated rings. The fourth-order valence-electron chi connectivity index (χ4n) is 1.06. The summed E-state index contributed by atoms with van der Waals surface area (Å²) < 4.78 is 5.03. The lowest BCUT2D eigenvalue weighted by atomic mass is 9.83. The first-order valence-corrected chi connectivity index (χ1v) is 4.01. The summed E-state index contributed by atoms with van der Waals surface area (Å²) in [5.41, 5.74) is 1.09. The fraction of sp³-hybridized carbons (Fsp3) is 0.333. The highest BCUT2D eigenvalue weighted by molar-refractivity contribution is 6.12. The third-order valence-electron chi connectivity index (χ3n) is 1.82. The standard InChI is InChI=1S/C9H13BO2/c1-6(10)7-3-8(11)5-9(4-7)12-2/h3-6,11H,10H2,1-2H3. The lowest BCUT2D eigenvalue weighted by Gasteiger charge is -2.08. The van der Waals surface area contributed by atoms with Gasteiger partial charge >= 0.3 is 0 Å². The van der Waals surface area contributed by atoms with Crippen molar-refractivity contribution in [3.63, 3.8) is 0 Å². The van der Waals surface area contributed by atoms with Crippen LogP contribution >= 0.6 is 0 Å². The Morgan fingerprint density at radius 1 is 1.42 bits per heavy atom. The Labute approximate surface area is 73.6 Å². The zero-order valence-corrected chi connectivity index (χ0v) is 7.66. The van der Waals surface area contributed by atoms with Crippen molar-refractivity contribution < 1.29 is 9.84 Å². The average Bonchev–Trinajstić information content (AvgIpc) is 2.03. The number of hydrogen-bond acceptors (Lipinski definition) is 2. The van der Waals surface area contributed by atoms with Crippen LogP contribution in [0.1, 0.15) is 18.3 Å². The maximum atomic E-state index is 9.29. The van der Waals surface area contributed by atoms with Crippen molar-refractivity contribution in [1.29, 1.82) is 0 Å². The van der Waals surface area contributed by atoms with E-state index in [1.807, 2.05) is 6.07 Å². The summed E-state index contributed by atoms with van der Waals surface area (Å²) in [4.78, 5) is 0. The highest BCUT2D eigenvalue weighted by Gasteiger charge is 2.03. The first-order valence-electron chi connectivity index (χ1n) is 4.01. The van der Waals surface area contributed by atoms with Gasteiger partial charge in [0.05, 0.1) is 7.11 Å². The van der Waals surface area contributed by atoms with Gasteiger partial charge in [-0.2, -0.15) is 0 Å². The van der Waals surface area contributed by atoms with Crippen molar-refractivity contribution in [2.24, 2.45) is 0 Å². The van der Waals surface area contributed by atoms with Crippen LogP contribution < -0.4 is 4.74 Å². The Kier molecular flexibility index (Phi) is 2.63. The number of methoxy groups -OCH3 is 1. The van der Waals surface area contributed by atoms with Gasteiger partial charge in [-0.25, -0.2) is 0 Å². The van der Waals surface area contributed by atoms with E-state index >= 15 is 0 Å². The highest BCUT2D eigenvalue weighted by Crippen LogP contribution is 2.24. The predicted octanol–water partition coefficient (Wildman–Crippen LogP) is 1.09. The van der Waals surface area contributed by atoms with Gasteiger partial charge < -0.3 is 9.84 Å². The van der Waals surface area contributed by atoms with Gasteiger partial charge in [0, 0.05) is 6.07 Å². The Bertz CT molecular complexity index is 271. The highest BCUT2D eigenvalue weighted by atomic mass is 16.5. The number of ether oxygens (including phenoxy) is 1. The van der Waals surface area contributed by atoms with Gasteiger partial charge in [-0.1, -0.05) is 6.92 Å². The molecule has 1 aromatic rings. The number of aromatic hydroxyl groups is 1. The summed E-state index contributed by atoms with van der Waals surface area (Å²) in [5.74, 6) is 1.38. The lowest BCUT2D eigenvalue weighted by Crippen LogP contribution is -1.92. The first kappa shape index (κ1) is 8.98. The molecule has 0 aliphatic carbocycles. The van der Waals surface area contributed by atoms with Crippen molar-refractivity contribution in [3.05, 3.63) is 23.8 Å². The van der Waals surface area contributed by atoms with Gasteiger partial charge in [0.2, 0.25) is 0 Å². The molecule has 2 nitrogen and oxygen atoms in total. The summed E-state index contributed by atoms with van der Waals surface area (Å²) in [5, 5.41) is 9.29. The molecular formula is C9H13BO2. The Hall–Kier alpha value is -1.12. The normalized spacial score (nSPS) is 12.5. The molecule has 1 atom stereocenters. The van der Waals surface area contributed by atoms with Crippen LogP contribution in [-0.2, 0) is 0 Å². The minimum Gasteiger partial charge on any atom is -0.508 e. The van der Waals surface area contributed by atoms with E-state index in [-0.39, 0.29) is 5.75 Å². The minimum atomic E-state index is 0.262. The quantitative estimate of drug-likeness (QED) is 0.663. The van der Waals surface area contributed by atoms with E-state index in [2.05, 4.69) is 14.8 Å². The Morgan fingerprint density at radius 2 is 2.08 bits per heavy atom. The summed E-state index contributed by atoms with van der Waals surface area (Å²) in [6.07, 6.45) is 0. The third kappa shape index (κ3) is 1.94. The molecule has 1 rings (SSSR count). The molecule has 1 unspecified atom stereocenters. The van der Waals surface area contributed by atoms with Crippen molar-refractivity contribution in [3.8, 4) is 11.5 Å². The van der Waals surface area contributed by atoms with E-state index in [9.17, 15) is 5.11 Å². The van der Waals surface area contributed by atoms with Crippen LogP contribution in [0, 0.1) is 0 Å². The zero-order chi connectivity index (χ0) is 9.14. The second-order valence-corrected chi connectivity index (χ2v) is 3.12. The molecule has 0 saturated heterocycles. The molecule has 1 aromatic carbocycles. The van der Waals surface area contributed by atoms with Gasteiger partial charge in [0.25, 0.3) is 0 Å². The predicted molar refractivity (Wildman–Crippen MR) is 51.6 cm³/mol. The summed E-state index contributed by atoms with van der Waals surface area (Å²) in [6.45, 7) is 2.08. The van der Waals surface area contributed by atoms with E-state index in [0.29, 0.717) is 11.6 Å². The smallest absolute Gasteiger partial charge is 0.122 e. The summed E-state index contributed by atoms with van der Waals surface area (Å²) >= 11 is 0. The fourth-order valence-corrected chi connectivity index (χ4v) is 1.06. The van der Waals surface area contributed by atoms with E-state index in [0.717, 1.165) is 5.56 Å². The lowest BCUT2D eigenvalue weighted by molar-refractivity contribution is 0.407. The molecule has 12 heavy (non-hydrogen) atoms. The van der Waals surface area contributed by atoms with E-state index in [4.69, 9.17) is 4.74 Å². The molecule has 3 heteroatoms. The SMILES string of the molecule is BC(C)c1cc(O)cc(OC)c1. The monoisotopic (exact) mass is 164 g/mol. The molecule has 0 radical (unpaired) electrons. The van der Waals surface area contributed by atoms with Crippen LogP contribution in [-0.4, -0.2) is 20.1 Å². The molecule has 0 bridgehead atoms. The van der Waals surface area contributed by atoms with Crippen LogP contribution in [0.3, 0.4) is 0 Å². The maximum absolute atomic E-state index is 9.29. The van der Waals surface area contributed by atoms with Crippen molar-refractivity contribution in [1.82, 2.24) is 0 Å². The van der Waals surface area contributed by atoms with Gasteiger partial charge in [0.1, 0.15) is 19.3 Å². The van der Waals surface area contributed by atoms with Gasteiger partial charge in [-0.15, -0.1) is 0 Å². The topological polar surface area (TPSA) is 29.5 Å². The van der Waals surface area contributed by atoms with Crippen molar-refractivity contribution >= 4 is 7.85 Å². The van der Waals surface area contributed by atoms with Gasteiger partial charge in [-0.3, -0.25) is 0 Å². The zero-order valence-electron chi connectivity index (χ0n) is 7.66. The maximum Gasteiger partial charge on any atom is 0.122 e. The first-order chi connectivity index (χ1) is 5.63. The molecule has 0 amide bonds. The second kappa shape index (κ2) is 3.52. The number of rotatable bonds is 2. The summed E-state index contributed by atoms with van der Waals surface area (Å²) in [7, 11) is 3.67. The van der Waals surface area contributed by atoms with E-state index in [1.54, 1.807) is 19.2 Å². The Morgan fingerprint density at radius 3 is 2.58 bits per heavy atom. The number of phenols is 1. The summed E-state index contributed by atoms with van der Waals surface area (Å²) in [6, 6.07) is 5.30. The molecule has 0 saturated carbocycles. The number of benzene rings is 1. The molecule has 0 spiro atoms. The Balaban J connectivity index is 3.06. The molecule has 64 valence electrons. The molecule has 0 aliphatic rings. The van der Waals surface area contributed by atoms with Crippen LogP contribution in [0.25, 0.3) is 0 Å². The minimum absolute atomic E-state index is 0.262. The van der Waals surface area contributed by atoms with Gasteiger partial charge in [0.15, 0.2) is 0 Å². The van der Waals surface area contributed by atoms with E-state index in [1.165, 1.54) is 0 Å². The van der Waals surface area contributed by atoms with Crippen LogP contribution in [0.15, 0.2) is 18.2 Å². The van der Waals surface area contributed by atoms with Crippen LogP contribution in [0.5, 0.6) is 11.5 Å². The number of phenolic OH excluding ortho intramolecular Hbond substituents is 1. The van der Waals surface area contributed by atoms with Crippen LogP contribution in [0.4, 0.5) is 0 Å². The third-order valence-corrected chi connectivity index (χ3v) is 1.82. The molecule has 0 aromatic heterocycles. The number of hydrogen-bond donors (Lipinski definition) is 1. The average molecular weight is 164 g/mol. The van der Waals surface area contributed by atoms with E-state index < -0.39 is 0 Å².